The Hall–Kier alpha value is -3.67. The minimum atomic E-state index is -0.385. The second-order valence-corrected chi connectivity index (χ2v) is 6.21. The Kier molecular flexibility index (Phi) is 4.30. The van der Waals surface area contributed by atoms with E-state index in [0.29, 0.717) is 11.5 Å². The van der Waals surface area contributed by atoms with Crippen LogP contribution < -0.4 is 11.0 Å². The van der Waals surface area contributed by atoms with Gasteiger partial charge in [-0.1, -0.05) is 36.4 Å². The third-order valence-electron chi connectivity index (χ3n) is 4.34. The van der Waals surface area contributed by atoms with Gasteiger partial charge in [0, 0.05) is 17.6 Å². The molecule has 27 heavy (non-hydrogen) atoms. The van der Waals surface area contributed by atoms with E-state index in [2.05, 4.69) is 10.5 Å². The molecule has 2 aromatic carbocycles. The van der Waals surface area contributed by atoms with Crippen molar-refractivity contribution < 1.29 is 9.21 Å². The molecule has 0 saturated carbocycles. The van der Waals surface area contributed by atoms with E-state index in [1.54, 1.807) is 25.3 Å². The molecule has 2 heterocycles. The van der Waals surface area contributed by atoms with Crippen LogP contribution in [0.25, 0.3) is 21.7 Å². The van der Waals surface area contributed by atoms with Crippen LogP contribution in [0.15, 0.2) is 81.2 Å². The highest BCUT2D eigenvalue weighted by Crippen LogP contribution is 2.28. The first-order valence-electron chi connectivity index (χ1n) is 8.52. The number of carbonyl (C=O) groups excluding carboxylic acids is 1. The normalized spacial score (nSPS) is 11.8. The van der Waals surface area contributed by atoms with Crippen molar-refractivity contribution >= 4 is 33.4 Å². The van der Waals surface area contributed by atoms with Crippen molar-refractivity contribution in [3.05, 3.63) is 83.0 Å². The maximum atomic E-state index is 12.0. The average molecular weight is 359 g/mol. The molecule has 134 valence electrons. The Balaban J connectivity index is 1.56. The minimum Gasteiger partial charge on any atom is -0.455 e. The molecule has 4 aromatic rings. The Morgan fingerprint density at radius 1 is 1.07 bits per heavy atom. The van der Waals surface area contributed by atoms with Crippen LogP contribution in [0.5, 0.6) is 0 Å². The summed E-state index contributed by atoms with van der Waals surface area (Å²) in [7, 11) is 0. The maximum absolute atomic E-state index is 12.0. The summed E-state index contributed by atoms with van der Waals surface area (Å²) in [6.45, 7) is 1.66. The fraction of sp³-hybridized carbons (Fsp3) is 0.0952. The Morgan fingerprint density at radius 3 is 2.74 bits per heavy atom. The van der Waals surface area contributed by atoms with E-state index in [-0.39, 0.29) is 18.0 Å². The van der Waals surface area contributed by atoms with Crippen molar-refractivity contribution in [3.63, 3.8) is 0 Å². The largest absolute Gasteiger partial charge is 0.455 e. The fourth-order valence-corrected chi connectivity index (χ4v) is 2.95. The number of nitrogens with one attached hydrogen (secondary N) is 1. The highest BCUT2D eigenvalue weighted by atomic mass is 16.3. The molecule has 0 spiro atoms. The maximum Gasteiger partial charge on any atom is 0.260 e. The van der Waals surface area contributed by atoms with E-state index < -0.39 is 0 Å². The molecule has 0 aliphatic carbocycles. The molecule has 0 unspecified atom stereocenters. The number of benzene rings is 2. The van der Waals surface area contributed by atoms with Gasteiger partial charge in [0.2, 0.25) is 0 Å². The summed E-state index contributed by atoms with van der Waals surface area (Å²) in [5, 5.41) is 7.34. The van der Waals surface area contributed by atoms with E-state index >= 15 is 0 Å². The monoisotopic (exact) mass is 359 g/mol. The molecule has 0 bridgehead atoms. The van der Waals surface area contributed by atoms with Gasteiger partial charge in [-0.15, -0.1) is 0 Å². The van der Waals surface area contributed by atoms with Gasteiger partial charge in [0.05, 0.1) is 0 Å². The molecule has 6 heteroatoms. The Bertz CT molecular complexity index is 1230. The van der Waals surface area contributed by atoms with Gasteiger partial charge in [0.15, 0.2) is 5.76 Å². The van der Waals surface area contributed by atoms with Crippen LogP contribution in [0.2, 0.25) is 0 Å². The van der Waals surface area contributed by atoms with Gasteiger partial charge in [-0.2, -0.15) is 5.10 Å². The number of hydrogen-bond acceptors (Lipinski definition) is 4. The number of amides is 1. The van der Waals surface area contributed by atoms with Gasteiger partial charge in [-0.25, -0.2) is 5.43 Å². The molecule has 0 radical (unpaired) electrons. The number of hydrazone groups is 1. The predicted octanol–water partition coefficient (Wildman–Crippen LogP) is 3.29. The standard InChI is InChI=1S/C21H17N3O3/c1-14(22-23-20(25)13-24-11-5-4-8-21(24)26)19-12-17-16-7-3-2-6-15(16)9-10-18(17)27-19/h2-12H,13H2,1H3,(H,23,25)/b22-14-. The molecular formula is C21H17N3O3. The lowest BCUT2D eigenvalue weighted by Crippen LogP contribution is -2.29. The lowest BCUT2D eigenvalue weighted by atomic mass is 10.1. The summed E-state index contributed by atoms with van der Waals surface area (Å²) in [5.41, 5.74) is 3.54. The van der Waals surface area contributed by atoms with Crippen LogP contribution >= 0.6 is 0 Å². The number of hydrogen-bond donors (Lipinski definition) is 1. The Labute approximate surface area is 154 Å². The van der Waals surface area contributed by atoms with E-state index in [9.17, 15) is 9.59 Å². The number of rotatable bonds is 4. The SMILES string of the molecule is C/C(=N/NC(=O)Cn1ccccc1=O)c1cc2c(ccc3ccccc32)o1. The zero-order valence-electron chi connectivity index (χ0n) is 14.7. The molecule has 0 fully saturated rings. The van der Waals surface area contributed by atoms with Crippen molar-refractivity contribution in [2.24, 2.45) is 5.10 Å². The third-order valence-corrected chi connectivity index (χ3v) is 4.34. The first kappa shape index (κ1) is 16.8. The summed E-state index contributed by atoms with van der Waals surface area (Å²) in [6, 6.07) is 18.7. The van der Waals surface area contributed by atoms with Crippen molar-refractivity contribution in [1.82, 2.24) is 9.99 Å². The van der Waals surface area contributed by atoms with E-state index in [1.807, 2.05) is 42.5 Å². The van der Waals surface area contributed by atoms with Crippen LogP contribution in [0.1, 0.15) is 12.7 Å². The highest BCUT2D eigenvalue weighted by molar-refractivity contribution is 6.09. The van der Waals surface area contributed by atoms with Crippen LogP contribution in [-0.2, 0) is 11.3 Å². The number of pyridine rings is 1. The minimum absolute atomic E-state index is 0.0960. The van der Waals surface area contributed by atoms with Gasteiger partial charge in [0.25, 0.3) is 11.5 Å². The summed E-state index contributed by atoms with van der Waals surface area (Å²) in [6.07, 6.45) is 1.56. The van der Waals surface area contributed by atoms with Gasteiger partial charge in [0.1, 0.15) is 17.8 Å². The smallest absolute Gasteiger partial charge is 0.260 e. The van der Waals surface area contributed by atoms with Gasteiger partial charge in [-0.3, -0.25) is 9.59 Å². The molecule has 1 N–H and O–H groups in total. The number of furan rings is 1. The second kappa shape index (κ2) is 6.92. The summed E-state index contributed by atoms with van der Waals surface area (Å²) in [4.78, 5) is 23.7. The number of aromatic nitrogens is 1. The van der Waals surface area contributed by atoms with Crippen LogP contribution in [0, 0.1) is 0 Å². The molecule has 6 nitrogen and oxygen atoms in total. The van der Waals surface area contributed by atoms with Gasteiger partial charge < -0.3 is 8.98 Å². The predicted molar refractivity (Wildman–Crippen MR) is 105 cm³/mol. The number of fused-ring (bicyclic) bond motifs is 3. The lowest BCUT2D eigenvalue weighted by Gasteiger charge is -2.03. The molecule has 0 aliphatic heterocycles. The summed E-state index contributed by atoms with van der Waals surface area (Å²) in [5.74, 6) is 0.197. The molecule has 0 aliphatic rings. The van der Waals surface area contributed by atoms with Crippen LogP contribution in [0.4, 0.5) is 0 Å². The lowest BCUT2D eigenvalue weighted by molar-refractivity contribution is -0.121. The zero-order chi connectivity index (χ0) is 18.8. The van der Waals surface area contributed by atoms with E-state index in [1.165, 1.54) is 10.6 Å². The third kappa shape index (κ3) is 3.37. The first-order chi connectivity index (χ1) is 13.1. The number of nitrogens with zero attached hydrogens (tertiary/aromatic N) is 2. The van der Waals surface area contributed by atoms with Crippen LogP contribution in [0.3, 0.4) is 0 Å². The fourth-order valence-electron chi connectivity index (χ4n) is 2.95. The van der Waals surface area contributed by atoms with E-state index in [0.717, 1.165) is 21.7 Å². The molecule has 1 amide bonds. The Morgan fingerprint density at radius 2 is 1.89 bits per heavy atom. The molecule has 2 aromatic heterocycles. The number of carbonyl (C=O) groups is 1. The van der Waals surface area contributed by atoms with Gasteiger partial charge in [-0.05, 0) is 35.9 Å². The summed E-state index contributed by atoms with van der Waals surface area (Å²) < 4.78 is 7.18. The van der Waals surface area contributed by atoms with Crippen LogP contribution in [-0.4, -0.2) is 16.2 Å². The summed E-state index contributed by atoms with van der Waals surface area (Å²) >= 11 is 0. The van der Waals surface area contributed by atoms with Crippen molar-refractivity contribution in [3.8, 4) is 0 Å². The molecular weight excluding hydrogens is 342 g/mol. The zero-order valence-corrected chi connectivity index (χ0v) is 14.7. The molecule has 0 atom stereocenters. The quantitative estimate of drug-likeness (QED) is 0.449. The van der Waals surface area contributed by atoms with E-state index in [4.69, 9.17) is 4.42 Å². The van der Waals surface area contributed by atoms with Crippen molar-refractivity contribution in [2.75, 3.05) is 0 Å². The average Bonchev–Trinajstić information content (AvgIpc) is 3.13. The topological polar surface area (TPSA) is 76.6 Å². The van der Waals surface area contributed by atoms with Crippen molar-refractivity contribution in [2.45, 2.75) is 13.5 Å². The second-order valence-electron chi connectivity index (χ2n) is 6.21. The molecule has 0 saturated heterocycles. The molecule has 4 rings (SSSR count). The first-order valence-corrected chi connectivity index (χ1v) is 8.52. The van der Waals surface area contributed by atoms with Gasteiger partial charge >= 0.3 is 0 Å². The van der Waals surface area contributed by atoms with Crippen molar-refractivity contribution in [1.29, 1.82) is 0 Å². The highest BCUT2D eigenvalue weighted by Gasteiger charge is 2.10.